The highest BCUT2D eigenvalue weighted by Crippen LogP contribution is 2.20. The first-order chi connectivity index (χ1) is 20.6. The Morgan fingerprint density at radius 2 is 1.12 bits per heavy atom. The zero-order chi connectivity index (χ0) is 29.8. The SMILES string of the molecule is C=CC(=O)OCCCCCCOc1ccc(C(=O)Cc2ccc(COc3ccc(OCCCCCC)cc3)cc2)cc1. The van der Waals surface area contributed by atoms with Gasteiger partial charge in [0.25, 0.3) is 0 Å². The van der Waals surface area contributed by atoms with Gasteiger partial charge in [0.15, 0.2) is 5.78 Å². The summed E-state index contributed by atoms with van der Waals surface area (Å²) in [5, 5.41) is 0. The fourth-order valence-corrected chi connectivity index (χ4v) is 4.27. The summed E-state index contributed by atoms with van der Waals surface area (Å²) in [7, 11) is 0. The van der Waals surface area contributed by atoms with Gasteiger partial charge in [0.1, 0.15) is 23.9 Å². The predicted octanol–water partition coefficient (Wildman–Crippen LogP) is 8.32. The van der Waals surface area contributed by atoms with Crippen LogP contribution in [-0.4, -0.2) is 31.6 Å². The summed E-state index contributed by atoms with van der Waals surface area (Å²) in [5.74, 6) is 2.10. The molecule has 0 spiro atoms. The van der Waals surface area contributed by atoms with Crippen LogP contribution in [0.15, 0.2) is 85.5 Å². The Kier molecular flexibility index (Phi) is 14.8. The molecule has 0 aromatic heterocycles. The van der Waals surface area contributed by atoms with E-state index in [0.717, 1.165) is 67.1 Å². The Morgan fingerprint density at radius 3 is 1.69 bits per heavy atom. The van der Waals surface area contributed by atoms with E-state index in [1.165, 1.54) is 25.3 Å². The van der Waals surface area contributed by atoms with Crippen LogP contribution in [0.5, 0.6) is 17.2 Å². The zero-order valence-electron chi connectivity index (χ0n) is 24.9. The Balaban J connectivity index is 1.32. The van der Waals surface area contributed by atoms with Gasteiger partial charge in [0.2, 0.25) is 0 Å². The van der Waals surface area contributed by atoms with Gasteiger partial charge in [-0.05, 0) is 91.8 Å². The average Bonchev–Trinajstić information content (AvgIpc) is 3.02. The predicted molar refractivity (Wildman–Crippen MR) is 166 cm³/mol. The molecular weight excluding hydrogens is 528 g/mol. The molecule has 0 bridgehead atoms. The van der Waals surface area contributed by atoms with Gasteiger partial charge in [0, 0.05) is 18.1 Å². The first-order valence-electron chi connectivity index (χ1n) is 15.1. The second kappa shape index (κ2) is 19.1. The third-order valence-corrected chi connectivity index (χ3v) is 6.78. The molecule has 42 heavy (non-hydrogen) atoms. The van der Waals surface area contributed by atoms with E-state index >= 15 is 0 Å². The minimum Gasteiger partial charge on any atom is -0.494 e. The molecule has 0 unspecified atom stereocenters. The number of ketones is 1. The molecular formula is C36H44O6. The van der Waals surface area contributed by atoms with E-state index in [4.69, 9.17) is 18.9 Å². The fourth-order valence-electron chi connectivity index (χ4n) is 4.27. The molecule has 224 valence electrons. The van der Waals surface area contributed by atoms with Gasteiger partial charge in [-0.15, -0.1) is 0 Å². The second-order valence-corrected chi connectivity index (χ2v) is 10.2. The molecule has 0 saturated carbocycles. The molecule has 0 saturated heterocycles. The highest BCUT2D eigenvalue weighted by Gasteiger charge is 2.08. The highest BCUT2D eigenvalue weighted by molar-refractivity contribution is 5.97. The molecule has 0 radical (unpaired) electrons. The molecule has 0 aliphatic rings. The van der Waals surface area contributed by atoms with Gasteiger partial charge in [-0.2, -0.15) is 0 Å². The molecule has 0 amide bonds. The van der Waals surface area contributed by atoms with E-state index < -0.39 is 0 Å². The molecule has 0 N–H and O–H groups in total. The number of benzene rings is 3. The molecule has 0 fully saturated rings. The van der Waals surface area contributed by atoms with Crippen molar-refractivity contribution < 1.29 is 28.5 Å². The molecule has 0 aliphatic carbocycles. The van der Waals surface area contributed by atoms with Crippen molar-refractivity contribution in [1.29, 1.82) is 0 Å². The van der Waals surface area contributed by atoms with Gasteiger partial charge in [-0.1, -0.05) is 57.0 Å². The van der Waals surface area contributed by atoms with Crippen LogP contribution in [-0.2, 0) is 22.6 Å². The maximum Gasteiger partial charge on any atom is 0.330 e. The summed E-state index contributed by atoms with van der Waals surface area (Å²) in [6.45, 7) is 7.81. The maximum absolute atomic E-state index is 12.8. The number of carbonyl (C=O) groups is 2. The Bertz CT molecular complexity index is 1200. The van der Waals surface area contributed by atoms with Crippen molar-refractivity contribution in [2.45, 2.75) is 71.3 Å². The van der Waals surface area contributed by atoms with Crippen LogP contribution in [0.1, 0.15) is 79.8 Å². The largest absolute Gasteiger partial charge is 0.494 e. The number of esters is 1. The fraction of sp³-hybridized carbons (Fsp3) is 0.389. The van der Waals surface area contributed by atoms with Gasteiger partial charge >= 0.3 is 5.97 Å². The number of hydrogen-bond acceptors (Lipinski definition) is 6. The van der Waals surface area contributed by atoms with Crippen molar-refractivity contribution in [1.82, 2.24) is 0 Å². The smallest absolute Gasteiger partial charge is 0.330 e. The van der Waals surface area contributed by atoms with Crippen LogP contribution in [0.4, 0.5) is 0 Å². The van der Waals surface area contributed by atoms with Crippen molar-refractivity contribution in [3.63, 3.8) is 0 Å². The summed E-state index contributed by atoms with van der Waals surface area (Å²) in [6.07, 6.45) is 9.98. The molecule has 0 heterocycles. The number of rotatable bonds is 21. The minimum absolute atomic E-state index is 0.0652. The van der Waals surface area contributed by atoms with Crippen LogP contribution >= 0.6 is 0 Å². The Labute approximate surface area is 250 Å². The zero-order valence-corrected chi connectivity index (χ0v) is 24.9. The number of Topliss-reactive ketones (excluding diaryl/α,β-unsaturated/α-hetero) is 1. The lowest BCUT2D eigenvalue weighted by atomic mass is 10.0. The van der Waals surface area contributed by atoms with Crippen LogP contribution in [0.25, 0.3) is 0 Å². The van der Waals surface area contributed by atoms with Crippen LogP contribution in [0.3, 0.4) is 0 Å². The lowest BCUT2D eigenvalue weighted by Crippen LogP contribution is -2.04. The van der Waals surface area contributed by atoms with E-state index in [1.807, 2.05) is 72.8 Å². The average molecular weight is 573 g/mol. The van der Waals surface area contributed by atoms with Crippen molar-refractivity contribution in [3.8, 4) is 17.2 Å². The first kappa shape index (κ1) is 32.5. The lowest BCUT2D eigenvalue weighted by molar-refractivity contribution is -0.137. The third-order valence-electron chi connectivity index (χ3n) is 6.78. The minimum atomic E-state index is -0.379. The summed E-state index contributed by atoms with van der Waals surface area (Å²) >= 11 is 0. The summed E-state index contributed by atoms with van der Waals surface area (Å²) in [5.41, 5.74) is 2.67. The molecule has 6 nitrogen and oxygen atoms in total. The lowest BCUT2D eigenvalue weighted by Gasteiger charge is -2.10. The molecule has 6 heteroatoms. The van der Waals surface area contributed by atoms with Gasteiger partial charge in [0.05, 0.1) is 19.8 Å². The van der Waals surface area contributed by atoms with Gasteiger partial charge in [-0.25, -0.2) is 4.79 Å². The van der Waals surface area contributed by atoms with Crippen molar-refractivity contribution in [2.24, 2.45) is 0 Å². The van der Waals surface area contributed by atoms with E-state index in [1.54, 1.807) is 0 Å². The number of unbranched alkanes of at least 4 members (excludes halogenated alkanes) is 6. The summed E-state index contributed by atoms with van der Waals surface area (Å²) in [4.78, 5) is 23.8. The number of ether oxygens (including phenoxy) is 4. The Morgan fingerprint density at radius 1 is 0.619 bits per heavy atom. The van der Waals surface area contributed by atoms with E-state index in [2.05, 4.69) is 13.5 Å². The highest BCUT2D eigenvalue weighted by atomic mass is 16.5. The number of hydrogen-bond donors (Lipinski definition) is 0. The van der Waals surface area contributed by atoms with Crippen LogP contribution in [0.2, 0.25) is 0 Å². The van der Waals surface area contributed by atoms with Crippen LogP contribution < -0.4 is 14.2 Å². The standard InChI is InChI=1S/C36H44O6/c1-3-5-6-9-24-40-33-20-22-34(23-21-33)42-28-30-14-12-29(13-15-30)27-35(37)31-16-18-32(19-17-31)39-25-10-7-8-11-26-41-36(38)4-2/h4,12-23H,2-3,5-11,24-28H2,1H3. The summed E-state index contributed by atoms with van der Waals surface area (Å²) < 4.78 is 22.5. The Hall–Kier alpha value is -4.06. The second-order valence-electron chi connectivity index (χ2n) is 10.2. The molecule has 3 aromatic carbocycles. The normalized spacial score (nSPS) is 10.6. The van der Waals surface area contributed by atoms with Gasteiger partial charge < -0.3 is 18.9 Å². The van der Waals surface area contributed by atoms with Crippen molar-refractivity contribution in [2.75, 3.05) is 19.8 Å². The number of carbonyl (C=O) groups excluding carboxylic acids is 2. The van der Waals surface area contributed by atoms with E-state index in [-0.39, 0.29) is 11.8 Å². The molecule has 0 atom stereocenters. The molecule has 3 aromatic rings. The van der Waals surface area contributed by atoms with E-state index in [0.29, 0.717) is 31.8 Å². The van der Waals surface area contributed by atoms with Crippen molar-refractivity contribution >= 4 is 11.8 Å². The van der Waals surface area contributed by atoms with E-state index in [9.17, 15) is 9.59 Å². The first-order valence-corrected chi connectivity index (χ1v) is 15.1. The van der Waals surface area contributed by atoms with Gasteiger partial charge in [-0.3, -0.25) is 4.79 Å². The molecule has 3 rings (SSSR count). The maximum atomic E-state index is 12.8. The monoisotopic (exact) mass is 572 g/mol. The topological polar surface area (TPSA) is 71.1 Å². The summed E-state index contributed by atoms with van der Waals surface area (Å²) in [6, 6.07) is 23.0. The van der Waals surface area contributed by atoms with Crippen LogP contribution in [0, 0.1) is 0 Å². The molecule has 0 aliphatic heterocycles. The third kappa shape index (κ3) is 12.6. The van der Waals surface area contributed by atoms with Crippen molar-refractivity contribution in [3.05, 3.63) is 102 Å². The quantitative estimate of drug-likeness (QED) is 0.0553.